The van der Waals surface area contributed by atoms with Gasteiger partial charge in [0.1, 0.15) is 5.00 Å². The Kier molecular flexibility index (Phi) is 5.88. The van der Waals surface area contributed by atoms with Gasteiger partial charge in [-0.25, -0.2) is 4.79 Å². The Morgan fingerprint density at radius 2 is 1.93 bits per heavy atom. The maximum Gasteiger partial charge on any atom is 0.341 e. The van der Waals surface area contributed by atoms with Crippen LogP contribution in [-0.2, 0) is 9.53 Å². The summed E-state index contributed by atoms with van der Waals surface area (Å²) in [6, 6.07) is 5.31. The van der Waals surface area contributed by atoms with E-state index in [9.17, 15) is 14.4 Å². The molecule has 1 aromatic carbocycles. The summed E-state index contributed by atoms with van der Waals surface area (Å²) in [5.41, 5.74) is 1.39. The normalized spacial score (nSPS) is 12.1. The lowest BCUT2D eigenvalue weighted by atomic mass is 10.1. The maximum absolute atomic E-state index is 12.4. The van der Waals surface area contributed by atoms with E-state index in [1.165, 1.54) is 18.1 Å². The third-order valence-corrected chi connectivity index (χ3v) is 5.39. The number of anilines is 1. The molecule has 29 heavy (non-hydrogen) atoms. The molecule has 152 valence electrons. The van der Waals surface area contributed by atoms with Crippen molar-refractivity contribution in [2.24, 2.45) is 0 Å². The second-order valence-electron chi connectivity index (χ2n) is 6.39. The first-order valence-electron chi connectivity index (χ1n) is 8.64. The van der Waals surface area contributed by atoms with Crippen LogP contribution in [0.25, 0.3) is 6.08 Å². The van der Waals surface area contributed by atoms with Gasteiger partial charge in [0.25, 0.3) is 5.91 Å². The summed E-state index contributed by atoms with van der Waals surface area (Å²) in [6.07, 6.45) is 2.95. The van der Waals surface area contributed by atoms with Crippen LogP contribution in [0.3, 0.4) is 0 Å². The van der Waals surface area contributed by atoms with Crippen molar-refractivity contribution >= 4 is 40.2 Å². The number of amides is 2. The van der Waals surface area contributed by atoms with Gasteiger partial charge in [-0.2, -0.15) is 0 Å². The average Bonchev–Trinajstić information content (AvgIpc) is 3.29. The number of hydrogen-bond donors (Lipinski definition) is 1. The molecule has 1 aliphatic heterocycles. The highest BCUT2D eigenvalue weighted by atomic mass is 32.1. The van der Waals surface area contributed by atoms with E-state index in [0.717, 1.165) is 16.9 Å². The van der Waals surface area contributed by atoms with Crippen LogP contribution in [0, 0.1) is 6.92 Å². The van der Waals surface area contributed by atoms with Gasteiger partial charge in [0.05, 0.1) is 17.6 Å². The summed E-state index contributed by atoms with van der Waals surface area (Å²) in [5.74, 6) is -0.0543. The number of esters is 1. The largest absolute Gasteiger partial charge is 0.465 e. The smallest absolute Gasteiger partial charge is 0.341 e. The van der Waals surface area contributed by atoms with Crippen molar-refractivity contribution in [1.29, 1.82) is 0 Å². The molecule has 0 spiro atoms. The molecule has 2 aromatic rings. The van der Waals surface area contributed by atoms with Crippen molar-refractivity contribution < 1.29 is 28.6 Å². The Morgan fingerprint density at radius 3 is 2.62 bits per heavy atom. The van der Waals surface area contributed by atoms with Crippen LogP contribution in [-0.4, -0.2) is 50.7 Å². The van der Waals surface area contributed by atoms with Gasteiger partial charge in [0.2, 0.25) is 12.7 Å². The van der Waals surface area contributed by atoms with E-state index in [1.54, 1.807) is 45.3 Å². The maximum atomic E-state index is 12.4. The van der Waals surface area contributed by atoms with Crippen LogP contribution >= 0.6 is 11.3 Å². The molecule has 0 saturated carbocycles. The van der Waals surface area contributed by atoms with Gasteiger partial charge in [-0.1, -0.05) is 6.07 Å². The zero-order valence-corrected chi connectivity index (χ0v) is 17.2. The van der Waals surface area contributed by atoms with E-state index >= 15 is 0 Å². The van der Waals surface area contributed by atoms with E-state index in [0.29, 0.717) is 21.9 Å². The fourth-order valence-corrected chi connectivity index (χ4v) is 3.92. The molecule has 3 rings (SSSR count). The van der Waals surface area contributed by atoms with Crippen molar-refractivity contribution in [2.75, 3.05) is 33.3 Å². The first kappa shape index (κ1) is 20.4. The Labute approximate surface area is 171 Å². The van der Waals surface area contributed by atoms with Crippen LogP contribution in [0.5, 0.6) is 11.5 Å². The number of ether oxygens (including phenoxy) is 3. The first-order valence-corrected chi connectivity index (χ1v) is 9.45. The lowest BCUT2D eigenvalue weighted by Gasteiger charge is -2.08. The third-order valence-electron chi connectivity index (χ3n) is 4.20. The van der Waals surface area contributed by atoms with Crippen LogP contribution in [0.2, 0.25) is 0 Å². The molecule has 0 unspecified atom stereocenters. The molecule has 0 saturated heterocycles. The van der Waals surface area contributed by atoms with Crippen LogP contribution in [0.15, 0.2) is 24.3 Å². The van der Waals surface area contributed by atoms with Gasteiger partial charge >= 0.3 is 5.97 Å². The van der Waals surface area contributed by atoms with E-state index in [-0.39, 0.29) is 23.3 Å². The molecule has 1 aliphatic rings. The number of fused-ring (bicyclic) bond motifs is 1. The summed E-state index contributed by atoms with van der Waals surface area (Å²) in [5, 5.41) is 2.93. The SMILES string of the molecule is COC(=O)c1c(NC(=O)C=Cc2ccc3c(c2)OCO3)sc(C(=O)N(C)C)c1C. The van der Waals surface area contributed by atoms with Crippen LogP contribution in [0.4, 0.5) is 5.00 Å². The molecule has 0 aliphatic carbocycles. The highest BCUT2D eigenvalue weighted by molar-refractivity contribution is 7.18. The monoisotopic (exact) mass is 416 g/mol. The molecule has 2 amide bonds. The van der Waals surface area contributed by atoms with Gasteiger partial charge in [0.15, 0.2) is 11.5 Å². The molecule has 1 N–H and O–H groups in total. The number of carbonyl (C=O) groups is 3. The van der Waals surface area contributed by atoms with Gasteiger partial charge in [0, 0.05) is 20.2 Å². The molecular formula is C20H20N2O6S. The molecule has 2 heterocycles. The minimum atomic E-state index is -0.619. The number of nitrogens with zero attached hydrogens (tertiary/aromatic N) is 1. The zero-order chi connectivity index (χ0) is 21.1. The van der Waals surface area contributed by atoms with E-state index < -0.39 is 11.9 Å². The molecular weight excluding hydrogens is 396 g/mol. The Hall–Kier alpha value is -3.33. The van der Waals surface area contributed by atoms with Crippen molar-refractivity contribution in [3.8, 4) is 11.5 Å². The number of methoxy groups -OCH3 is 1. The summed E-state index contributed by atoms with van der Waals surface area (Å²) in [7, 11) is 4.48. The minimum absolute atomic E-state index is 0.172. The number of rotatable bonds is 5. The average molecular weight is 416 g/mol. The molecule has 0 atom stereocenters. The van der Waals surface area contributed by atoms with Gasteiger partial charge in [-0.3, -0.25) is 9.59 Å². The number of nitrogens with one attached hydrogen (secondary N) is 1. The van der Waals surface area contributed by atoms with E-state index in [4.69, 9.17) is 14.2 Å². The highest BCUT2D eigenvalue weighted by Gasteiger charge is 2.26. The topological polar surface area (TPSA) is 94.2 Å². The fourth-order valence-electron chi connectivity index (χ4n) is 2.70. The first-order chi connectivity index (χ1) is 13.8. The number of thiophene rings is 1. The van der Waals surface area contributed by atoms with Crippen molar-refractivity contribution in [3.05, 3.63) is 45.8 Å². The standard InChI is InChI=1S/C20H20N2O6S/c1-11-16(20(25)26-4)18(29-17(11)19(24)22(2)3)21-15(23)8-6-12-5-7-13-14(9-12)28-10-27-13/h5-9H,10H2,1-4H3,(H,21,23). The summed E-state index contributed by atoms with van der Waals surface area (Å²) in [6.45, 7) is 1.82. The summed E-state index contributed by atoms with van der Waals surface area (Å²) in [4.78, 5) is 38.7. The summed E-state index contributed by atoms with van der Waals surface area (Å²) >= 11 is 1.04. The Balaban J connectivity index is 1.82. The quantitative estimate of drug-likeness (QED) is 0.595. The van der Waals surface area contributed by atoms with Gasteiger partial charge in [-0.05, 0) is 36.3 Å². The highest BCUT2D eigenvalue weighted by Crippen LogP contribution is 2.35. The third kappa shape index (κ3) is 4.24. The molecule has 9 heteroatoms. The molecule has 1 aromatic heterocycles. The van der Waals surface area contributed by atoms with Crippen LogP contribution < -0.4 is 14.8 Å². The summed E-state index contributed by atoms with van der Waals surface area (Å²) < 4.78 is 15.4. The molecule has 8 nitrogen and oxygen atoms in total. The van der Waals surface area contributed by atoms with Crippen molar-refractivity contribution in [2.45, 2.75) is 6.92 Å². The molecule has 0 bridgehead atoms. The van der Waals surface area contributed by atoms with Gasteiger partial charge in [-0.15, -0.1) is 11.3 Å². The van der Waals surface area contributed by atoms with Crippen molar-refractivity contribution in [1.82, 2.24) is 4.90 Å². The lowest BCUT2D eigenvalue weighted by molar-refractivity contribution is -0.111. The van der Waals surface area contributed by atoms with E-state index in [2.05, 4.69) is 5.32 Å². The predicted octanol–water partition coefficient (Wildman–Crippen LogP) is 2.93. The second-order valence-corrected chi connectivity index (χ2v) is 7.41. The van der Waals surface area contributed by atoms with Crippen molar-refractivity contribution in [3.63, 3.8) is 0 Å². The van der Waals surface area contributed by atoms with Crippen LogP contribution in [0.1, 0.15) is 31.2 Å². The number of benzene rings is 1. The lowest BCUT2D eigenvalue weighted by Crippen LogP contribution is -2.21. The second kappa shape index (κ2) is 8.36. The number of carbonyl (C=O) groups excluding carboxylic acids is 3. The fraction of sp³-hybridized carbons (Fsp3) is 0.250. The van der Waals surface area contributed by atoms with E-state index in [1.807, 2.05) is 0 Å². The number of hydrogen-bond acceptors (Lipinski definition) is 7. The van der Waals surface area contributed by atoms with Gasteiger partial charge < -0.3 is 24.4 Å². The Bertz CT molecular complexity index is 1010. The Morgan fingerprint density at radius 1 is 1.21 bits per heavy atom. The zero-order valence-electron chi connectivity index (χ0n) is 16.4. The molecule has 0 radical (unpaired) electrons. The minimum Gasteiger partial charge on any atom is -0.465 e. The predicted molar refractivity (Wildman–Crippen MR) is 109 cm³/mol. The molecule has 0 fully saturated rings.